The van der Waals surface area contributed by atoms with Gasteiger partial charge < -0.3 is 19.5 Å². The van der Waals surface area contributed by atoms with Gasteiger partial charge in [0.05, 0.1) is 5.56 Å². The maximum absolute atomic E-state index is 12.9. The maximum Gasteiger partial charge on any atom is 0.416 e. The van der Waals surface area contributed by atoms with Crippen LogP contribution in [0.4, 0.5) is 18.9 Å². The molecular formula is C25H17F3N2O4. The third-order valence-corrected chi connectivity index (χ3v) is 4.82. The van der Waals surface area contributed by atoms with Gasteiger partial charge in [0.15, 0.2) is 11.5 Å². The highest BCUT2D eigenvalue weighted by Gasteiger charge is 2.30. The number of halogens is 3. The summed E-state index contributed by atoms with van der Waals surface area (Å²) >= 11 is 0. The van der Waals surface area contributed by atoms with Crippen LogP contribution in [0, 0.1) is 11.3 Å². The first-order chi connectivity index (χ1) is 16.3. The first-order valence-corrected chi connectivity index (χ1v) is 10.0. The summed E-state index contributed by atoms with van der Waals surface area (Å²) in [5.41, 5.74) is 0.411. The standard InChI is InChI=1S/C25H17F3N2O4/c26-25(27,28)19-5-1-4-17(10-19)14-32-21-6-2-3-16(11-21)9-18(13-29)24(31)30-20-7-8-22-23(12-20)34-15-33-22/h1-12H,14-15H2,(H,30,31)/b18-9-. The van der Waals surface area contributed by atoms with Crippen LogP contribution in [0.15, 0.2) is 72.3 Å². The first kappa shape index (κ1) is 22.7. The lowest BCUT2D eigenvalue weighted by Gasteiger charge is -2.10. The fourth-order valence-electron chi connectivity index (χ4n) is 3.19. The van der Waals surface area contributed by atoms with E-state index < -0.39 is 17.6 Å². The number of anilines is 1. The Hall–Kier alpha value is -4.45. The lowest BCUT2D eigenvalue weighted by Crippen LogP contribution is -2.13. The monoisotopic (exact) mass is 466 g/mol. The van der Waals surface area contributed by atoms with Gasteiger partial charge in [0.2, 0.25) is 6.79 Å². The van der Waals surface area contributed by atoms with Gasteiger partial charge in [-0.25, -0.2) is 0 Å². The number of nitriles is 1. The SMILES string of the molecule is N#C/C(=C/c1cccc(OCc2cccc(C(F)(F)F)c2)c1)C(=O)Nc1ccc2c(c1)OCO2. The number of carbonyl (C=O) groups excluding carboxylic acids is 1. The Morgan fingerprint density at radius 1 is 1.06 bits per heavy atom. The lowest BCUT2D eigenvalue weighted by molar-refractivity contribution is -0.137. The van der Waals surface area contributed by atoms with Crippen molar-refractivity contribution in [3.8, 4) is 23.3 Å². The number of nitrogens with zero attached hydrogens (tertiary/aromatic N) is 1. The third kappa shape index (κ3) is 5.48. The molecule has 1 N–H and O–H groups in total. The molecule has 4 rings (SSSR count). The van der Waals surface area contributed by atoms with Crippen molar-refractivity contribution in [2.24, 2.45) is 0 Å². The van der Waals surface area contributed by atoms with E-state index in [9.17, 15) is 23.2 Å². The summed E-state index contributed by atoms with van der Waals surface area (Å²) in [5, 5.41) is 12.1. The van der Waals surface area contributed by atoms with Crippen molar-refractivity contribution in [3.05, 3.63) is 89.0 Å². The third-order valence-electron chi connectivity index (χ3n) is 4.82. The molecule has 3 aromatic rings. The number of nitrogens with one attached hydrogen (secondary N) is 1. The minimum absolute atomic E-state index is 0.0766. The van der Waals surface area contributed by atoms with Gasteiger partial charge in [0.1, 0.15) is 24.0 Å². The van der Waals surface area contributed by atoms with Crippen molar-refractivity contribution in [1.29, 1.82) is 5.26 Å². The van der Waals surface area contributed by atoms with Gasteiger partial charge in [-0.2, -0.15) is 18.4 Å². The Kier molecular flexibility index (Phi) is 6.41. The van der Waals surface area contributed by atoms with Crippen LogP contribution in [0.1, 0.15) is 16.7 Å². The normalized spacial score (nSPS) is 12.7. The summed E-state index contributed by atoms with van der Waals surface area (Å²) in [7, 11) is 0. The molecule has 0 atom stereocenters. The molecule has 0 radical (unpaired) electrons. The van der Waals surface area contributed by atoms with Crippen LogP contribution in [0.3, 0.4) is 0 Å². The second-order valence-corrected chi connectivity index (χ2v) is 7.25. The number of rotatable bonds is 6. The van der Waals surface area contributed by atoms with E-state index >= 15 is 0 Å². The van der Waals surface area contributed by atoms with Crippen molar-refractivity contribution in [2.45, 2.75) is 12.8 Å². The Morgan fingerprint density at radius 3 is 2.65 bits per heavy atom. The molecule has 1 aliphatic rings. The molecule has 1 heterocycles. The van der Waals surface area contributed by atoms with Gasteiger partial charge in [-0.05, 0) is 53.6 Å². The number of ether oxygens (including phenoxy) is 3. The quantitative estimate of drug-likeness (QED) is 0.380. The van der Waals surface area contributed by atoms with Crippen molar-refractivity contribution in [3.63, 3.8) is 0 Å². The smallest absolute Gasteiger partial charge is 0.416 e. The van der Waals surface area contributed by atoms with E-state index in [1.807, 2.05) is 6.07 Å². The summed E-state index contributed by atoms with van der Waals surface area (Å²) in [6, 6.07) is 18.1. The van der Waals surface area contributed by atoms with Crippen LogP contribution < -0.4 is 19.5 Å². The highest BCUT2D eigenvalue weighted by Crippen LogP contribution is 2.34. The molecule has 6 nitrogen and oxygen atoms in total. The van der Waals surface area contributed by atoms with E-state index in [4.69, 9.17) is 14.2 Å². The fourth-order valence-corrected chi connectivity index (χ4v) is 3.19. The minimum Gasteiger partial charge on any atom is -0.489 e. The molecule has 0 saturated heterocycles. The number of alkyl halides is 3. The van der Waals surface area contributed by atoms with Crippen molar-refractivity contribution in [2.75, 3.05) is 12.1 Å². The largest absolute Gasteiger partial charge is 0.489 e. The summed E-state index contributed by atoms with van der Waals surface area (Å²) in [6.45, 7) is 0.0229. The highest BCUT2D eigenvalue weighted by atomic mass is 19.4. The number of hydrogen-bond donors (Lipinski definition) is 1. The topological polar surface area (TPSA) is 80.6 Å². The Morgan fingerprint density at radius 2 is 1.85 bits per heavy atom. The van der Waals surface area contributed by atoms with Crippen molar-refractivity contribution in [1.82, 2.24) is 0 Å². The maximum atomic E-state index is 12.9. The Labute approximate surface area is 192 Å². The first-order valence-electron chi connectivity index (χ1n) is 10.0. The number of fused-ring (bicyclic) bond motifs is 1. The molecule has 0 fully saturated rings. The highest BCUT2D eigenvalue weighted by molar-refractivity contribution is 6.09. The molecule has 0 aromatic heterocycles. The fraction of sp³-hybridized carbons (Fsp3) is 0.120. The lowest BCUT2D eigenvalue weighted by atomic mass is 10.1. The van der Waals surface area contributed by atoms with Crippen LogP contribution in [0.2, 0.25) is 0 Å². The van der Waals surface area contributed by atoms with Crippen molar-refractivity contribution < 1.29 is 32.2 Å². The summed E-state index contributed by atoms with van der Waals surface area (Å²) in [6.07, 6.45) is -3.05. The minimum atomic E-state index is -4.43. The predicted octanol–water partition coefficient (Wildman–Crippen LogP) is 5.56. The van der Waals surface area contributed by atoms with Gasteiger partial charge in [-0.1, -0.05) is 24.3 Å². The average Bonchev–Trinajstić information content (AvgIpc) is 3.29. The molecule has 0 bridgehead atoms. The van der Waals surface area contributed by atoms with Gasteiger partial charge in [-0.15, -0.1) is 0 Å². The second-order valence-electron chi connectivity index (χ2n) is 7.25. The number of benzene rings is 3. The second kappa shape index (κ2) is 9.58. The average molecular weight is 466 g/mol. The van der Waals surface area contributed by atoms with Crippen LogP contribution in [-0.2, 0) is 17.6 Å². The summed E-state index contributed by atoms with van der Waals surface area (Å²) < 4.78 is 54.8. The van der Waals surface area contributed by atoms with E-state index in [2.05, 4.69) is 5.32 Å². The zero-order chi connectivity index (χ0) is 24.1. The molecular weight excluding hydrogens is 449 g/mol. The van der Waals surface area contributed by atoms with Crippen LogP contribution >= 0.6 is 0 Å². The molecule has 1 aliphatic heterocycles. The van der Waals surface area contributed by atoms with Gasteiger partial charge >= 0.3 is 6.18 Å². The van der Waals surface area contributed by atoms with E-state index in [0.29, 0.717) is 34.1 Å². The van der Waals surface area contributed by atoms with Gasteiger partial charge in [0, 0.05) is 11.8 Å². The van der Waals surface area contributed by atoms with Crippen LogP contribution in [0.25, 0.3) is 6.08 Å². The summed E-state index contributed by atoms with van der Waals surface area (Å²) in [4.78, 5) is 12.6. The number of hydrogen-bond acceptors (Lipinski definition) is 5. The van der Waals surface area contributed by atoms with E-state index in [0.717, 1.165) is 12.1 Å². The molecule has 1 amide bonds. The molecule has 34 heavy (non-hydrogen) atoms. The molecule has 0 unspecified atom stereocenters. The van der Waals surface area contributed by atoms with Crippen LogP contribution in [-0.4, -0.2) is 12.7 Å². The summed E-state index contributed by atoms with van der Waals surface area (Å²) in [5.74, 6) is 0.818. The van der Waals surface area contributed by atoms with Crippen molar-refractivity contribution >= 4 is 17.7 Å². The predicted molar refractivity (Wildman–Crippen MR) is 117 cm³/mol. The molecule has 0 aliphatic carbocycles. The molecule has 3 aromatic carbocycles. The van der Waals surface area contributed by atoms with Crippen LogP contribution in [0.5, 0.6) is 17.2 Å². The molecule has 172 valence electrons. The molecule has 9 heteroatoms. The Balaban J connectivity index is 1.44. The van der Waals surface area contributed by atoms with Gasteiger partial charge in [0.25, 0.3) is 5.91 Å². The zero-order valence-electron chi connectivity index (χ0n) is 17.6. The molecule has 0 spiro atoms. The van der Waals surface area contributed by atoms with E-state index in [-0.39, 0.29) is 19.0 Å². The molecule has 0 saturated carbocycles. The van der Waals surface area contributed by atoms with E-state index in [1.165, 1.54) is 18.2 Å². The zero-order valence-corrected chi connectivity index (χ0v) is 17.6. The Bertz CT molecular complexity index is 1300. The number of amides is 1. The van der Waals surface area contributed by atoms with Gasteiger partial charge in [-0.3, -0.25) is 4.79 Å². The number of carbonyl (C=O) groups is 1. The van der Waals surface area contributed by atoms with E-state index in [1.54, 1.807) is 42.5 Å².